The highest BCUT2D eigenvalue weighted by molar-refractivity contribution is 5.73. The fourth-order valence-corrected chi connectivity index (χ4v) is 3.46. The number of nitrogens with zero attached hydrogens (tertiary/aromatic N) is 2. The van der Waals surface area contributed by atoms with Gasteiger partial charge in [0.25, 0.3) is 5.56 Å². The van der Waals surface area contributed by atoms with E-state index in [4.69, 9.17) is 25.1 Å². The number of halogens is 3. The standard InChI is InChI=1S/C22H24N4O3.C2HF3O2/c1-26(13-16-5-6-19-20(10-16)29-14-28-19)12-15-3-2-4-17(9-15)22-24-18(7-8-23)11-21(27)25-22;3-2(4,5)1(6)7/h2-6,9-11H,7-8,12-14,23H2,1H3,(H,24,25,27);(H,6,7). The van der Waals surface area contributed by atoms with Gasteiger partial charge >= 0.3 is 12.1 Å². The van der Waals surface area contributed by atoms with Gasteiger partial charge in [-0.25, -0.2) is 9.78 Å². The zero-order valence-corrected chi connectivity index (χ0v) is 19.3. The summed E-state index contributed by atoms with van der Waals surface area (Å²) in [6.45, 7) is 2.28. The number of ether oxygens (including phenoxy) is 2. The van der Waals surface area contributed by atoms with Crippen LogP contribution in [0.5, 0.6) is 11.5 Å². The molecular formula is C24H25F3N4O5. The molecule has 0 fully saturated rings. The molecule has 2 aromatic carbocycles. The molecule has 0 spiro atoms. The van der Waals surface area contributed by atoms with Crippen molar-refractivity contribution in [2.24, 2.45) is 5.73 Å². The minimum atomic E-state index is -5.08. The van der Waals surface area contributed by atoms with E-state index in [1.807, 2.05) is 24.3 Å². The second kappa shape index (κ2) is 11.7. The van der Waals surface area contributed by atoms with Crippen LogP contribution in [0.1, 0.15) is 16.8 Å². The molecule has 3 aromatic rings. The molecule has 0 saturated heterocycles. The van der Waals surface area contributed by atoms with Crippen molar-refractivity contribution < 1.29 is 32.5 Å². The normalized spacial score (nSPS) is 12.3. The summed E-state index contributed by atoms with van der Waals surface area (Å²) < 4.78 is 42.6. The fraction of sp³-hybridized carbons (Fsp3) is 0.292. The Bertz CT molecular complexity index is 1260. The molecule has 0 saturated carbocycles. The van der Waals surface area contributed by atoms with E-state index in [2.05, 4.69) is 40.1 Å². The SMILES string of the molecule is CN(Cc1cccc(-c2nc(CCN)cc(=O)[nH]2)c1)Cc1ccc2c(c1)OCO2.O=C(O)C(F)(F)F. The lowest BCUT2D eigenvalue weighted by atomic mass is 10.1. The van der Waals surface area contributed by atoms with Crippen molar-refractivity contribution in [3.05, 3.63) is 75.7 Å². The summed E-state index contributed by atoms with van der Waals surface area (Å²) in [7, 11) is 2.07. The van der Waals surface area contributed by atoms with Crippen LogP contribution in [-0.4, -0.2) is 52.5 Å². The molecule has 0 aliphatic carbocycles. The fourth-order valence-electron chi connectivity index (χ4n) is 3.46. The number of hydrogen-bond acceptors (Lipinski definition) is 7. The van der Waals surface area contributed by atoms with Gasteiger partial charge in [0.05, 0.1) is 0 Å². The second-order valence-corrected chi connectivity index (χ2v) is 7.99. The van der Waals surface area contributed by atoms with Crippen molar-refractivity contribution in [2.45, 2.75) is 25.7 Å². The quantitative estimate of drug-likeness (QED) is 0.446. The Kier molecular flexibility index (Phi) is 8.67. The van der Waals surface area contributed by atoms with Gasteiger partial charge in [0.15, 0.2) is 11.5 Å². The number of H-pyrrole nitrogens is 1. The minimum Gasteiger partial charge on any atom is -0.475 e. The molecule has 9 nitrogen and oxygen atoms in total. The number of aromatic nitrogens is 2. The number of nitrogens with one attached hydrogen (secondary N) is 1. The number of aliphatic carboxylic acids is 1. The number of carboxylic acids is 1. The highest BCUT2D eigenvalue weighted by atomic mass is 19.4. The number of nitrogens with two attached hydrogens (primary N) is 1. The Balaban J connectivity index is 0.000000454. The lowest BCUT2D eigenvalue weighted by Gasteiger charge is -2.17. The second-order valence-electron chi connectivity index (χ2n) is 7.99. The van der Waals surface area contributed by atoms with Crippen molar-refractivity contribution in [1.82, 2.24) is 14.9 Å². The van der Waals surface area contributed by atoms with Gasteiger partial charge in [-0.15, -0.1) is 0 Å². The summed E-state index contributed by atoms with van der Waals surface area (Å²) in [4.78, 5) is 30.4. The third-order valence-electron chi connectivity index (χ3n) is 4.98. The first-order chi connectivity index (χ1) is 17.0. The monoisotopic (exact) mass is 506 g/mol. The third kappa shape index (κ3) is 7.55. The van der Waals surface area contributed by atoms with E-state index in [-0.39, 0.29) is 12.4 Å². The molecule has 1 aromatic heterocycles. The number of carbonyl (C=O) groups is 1. The average Bonchev–Trinajstić information content (AvgIpc) is 3.27. The van der Waals surface area contributed by atoms with Crippen LogP contribution >= 0.6 is 0 Å². The first-order valence-electron chi connectivity index (χ1n) is 10.8. The maximum Gasteiger partial charge on any atom is 0.490 e. The van der Waals surface area contributed by atoms with Crippen LogP contribution < -0.4 is 20.8 Å². The molecule has 0 bridgehead atoms. The van der Waals surface area contributed by atoms with Gasteiger partial charge in [0, 0.05) is 36.8 Å². The maximum atomic E-state index is 11.9. The number of aromatic amines is 1. The number of carboxylic acid groups (broad SMARTS) is 1. The number of benzene rings is 2. The number of hydrogen-bond donors (Lipinski definition) is 3. The molecule has 2 heterocycles. The summed E-state index contributed by atoms with van der Waals surface area (Å²) in [5.41, 5.74) is 9.32. The van der Waals surface area contributed by atoms with Crippen molar-refractivity contribution in [2.75, 3.05) is 20.4 Å². The Labute approximate surface area is 204 Å². The Hall–Kier alpha value is -3.90. The molecule has 1 aliphatic rings. The molecule has 12 heteroatoms. The lowest BCUT2D eigenvalue weighted by Crippen LogP contribution is -2.21. The summed E-state index contributed by atoms with van der Waals surface area (Å²) in [6, 6.07) is 15.6. The van der Waals surface area contributed by atoms with Gasteiger partial charge in [-0.2, -0.15) is 13.2 Å². The van der Waals surface area contributed by atoms with Gasteiger partial charge in [0.2, 0.25) is 6.79 Å². The molecule has 1 aliphatic heterocycles. The first kappa shape index (κ1) is 26.7. The number of alkyl halides is 3. The van der Waals surface area contributed by atoms with E-state index in [0.29, 0.717) is 24.5 Å². The van der Waals surface area contributed by atoms with Gasteiger partial charge < -0.3 is 25.3 Å². The number of rotatable bonds is 7. The molecule has 36 heavy (non-hydrogen) atoms. The van der Waals surface area contributed by atoms with Gasteiger partial charge in [-0.05, 0) is 42.9 Å². The van der Waals surface area contributed by atoms with Crippen molar-refractivity contribution in [1.29, 1.82) is 0 Å². The molecule has 0 atom stereocenters. The van der Waals surface area contributed by atoms with E-state index in [1.165, 1.54) is 6.07 Å². The third-order valence-corrected chi connectivity index (χ3v) is 4.98. The average molecular weight is 506 g/mol. The van der Waals surface area contributed by atoms with Gasteiger partial charge in [0.1, 0.15) is 5.82 Å². The topological polar surface area (TPSA) is 131 Å². The van der Waals surface area contributed by atoms with Crippen LogP contribution in [0.3, 0.4) is 0 Å². The smallest absolute Gasteiger partial charge is 0.475 e. The molecule has 0 unspecified atom stereocenters. The van der Waals surface area contributed by atoms with Crippen LogP contribution in [0.2, 0.25) is 0 Å². The van der Waals surface area contributed by atoms with Gasteiger partial charge in [-0.1, -0.05) is 24.3 Å². The largest absolute Gasteiger partial charge is 0.490 e. The van der Waals surface area contributed by atoms with Crippen LogP contribution in [0.4, 0.5) is 13.2 Å². The predicted molar refractivity (Wildman–Crippen MR) is 124 cm³/mol. The molecule has 0 amide bonds. The minimum absolute atomic E-state index is 0.163. The van der Waals surface area contributed by atoms with Gasteiger partial charge in [-0.3, -0.25) is 9.69 Å². The summed E-state index contributed by atoms with van der Waals surface area (Å²) in [6.07, 6.45) is -4.51. The highest BCUT2D eigenvalue weighted by Crippen LogP contribution is 2.32. The maximum absolute atomic E-state index is 11.9. The molecule has 192 valence electrons. The van der Waals surface area contributed by atoms with E-state index < -0.39 is 12.1 Å². The molecule has 4 N–H and O–H groups in total. The number of fused-ring (bicyclic) bond motifs is 1. The molecular weight excluding hydrogens is 481 g/mol. The Morgan fingerprint density at radius 1 is 1.11 bits per heavy atom. The summed E-state index contributed by atoms with van der Waals surface area (Å²) >= 11 is 0. The predicted octanol–water partition coefficient (Wildman–Crippen LogP) is 2.93. The van der Waals surface area contributed by atoms with Crippen molar-refractivity contribution in [3.63, 3.8) is 0 Å². The van der Waals surface area contributed by atoms with E-state index >= 15 is 0 Å². The summed E-state index contributed by atoms with van der Waals surface area (Å²) in [5, 5.41) is 7.12. The highest BCUT2D eigenvalue weighted by Gasteiger charge is 2.38. The van der Waals surface area contributed by atoms with E-state index in [9.17, 15) is 18.0 Å². The zero-order valence-electron chi connectivity index (χ0n) is 19.3. The first-order valence-corrected chi connectivity index (χ1v) is 10.8. The van der Waals surface area contributed by atoms with Crippen LogP contribution in [0.15, 0.2) is 53.3 Å². The van der Waals surface area contributed by atoms with Crippen molar-refractivity contribution >= 4 is 5.97 Å². The lowest BCUT2D eigenvalue weighted by molar-refractivity contribution is -0.192. The summed E-state index contributed by atoms with van der Waals surface area (Å²) in [5.74, 6) is -0.596. The Morgan fingerprint density at radius 2 is 1.78 bits per heavy atom. The Morgan fingerprint density at radius 3 is 2.44 bits per heavy atom. The van der Waals surface area contributed by atoms with Crippen LogP contribution in [0, 0.1) is 0 Å². The van der Waals surface area contributed by atoms with E-state index in [0.717, 1.165) is 41.3 Å². The van der Waals surface area contributed by atoms with Crippen LogP contribution in [-0.2, 0) is 24.3 Å². The van der Waals surface area contributed by atoms with E-state index in [1.54, 1.807) is 0 Å². The van der Waals surface area contributed by atoms with Crippen LogP contribution in [0.25, 0.3) is 11.4 Å². The molecule has 4 rings (SSSR count). The molecule has 0 radical (unpaired) electrons. The van der Waals surface area contributed by atoms with Crippen molar-refractivity contribution in [3.8, 4) is 22.9 Å². The zero-order chi connectivity index (χ0) is 26.3.